The molecule has 1 rings (SSSR count). The molecule has 0 unspecified atom stereocenters. The van der Waals surface area contributed by atoms with Crippen LogP contribution in [0.4, 0.5) is 4.79 Å². The van der Waals surface area contributed by atoms with Crippen LogP contribution in [0.5, 0.6) is 0 Å². The van der Waals surface area contributed by atoms with Crippen LogP contribution in [0, 0.1) is 0 Å². The topological polar surface area (TPSA) is 38.3 Å². The van der Waals surface area contributed by atoms with Crippen LogP contribution in [-0.2, 0) is 4.74 Å². The van der Waals surface area contributed by atoms with Crippen LogP contribution in [0.15, 0.2) is 11.6 Å². The molecule has 0 heterocycles. The fourth-order valence-corrected chi connectivity index (χ4v) is 1.47. The Bertz CT molecular complexity index is 199. The Morgan fingerprint density at radius 1 is 1.69 bits per heavy atom. The van der Waals surface area contributed by atoms with Crippen molar-refractivity contribution < 1.29 is 9.53 Å². The maximum Gasteiger partial charge on any atom is 0.407 e. The zero-order valence-electron chi connectivity index (χ0n) is 8.14. The summed E-state index contributed by atoms with van der Waals surface area (Å²) in [7, 11) is 0. The summed E-state index contributed by atoms with van der Waals surface area (Å²) in [5, 5.41) is 2.71. The van der Waals surface area contributed by atoms with E-state index < -0.39 is 0 Å². The standard InChI is InChI=1S/C10H17NO2/c1-2-13-10(12)11-8-7-9-5-3-4-6-9/h5H,2-4,6-8H2,1H3,(H,11,12). The normalized spacial score (nSPS) is 15.3. The van der Waals surface area contributed by atoms with Crippen molar-refractivity contribution in [2.45, 2.75) is 32.6 Å². The van der Waals surface area contributed by atoms with Crippen molar-refractivity contribution in [1.29, 1.82) is 0 Å². The maximum absolute atomic E-state index is 10.9. The van der Waals surface area contributed by atoms with Crippen LogP contribution in [0.1, 0.15) is 32.6 Å². The largest absolute Gasteiger partial charge is 0.450 e. The van der Waals surface area contributed by atoms with Gasteiger partial charge in [-0.1, -0.05) is 11.6 Å². The van der Waals surface area contributed by atoms with E-state index in [2.05, 4.69) is 11.4 Å². The third-order valence-corrected chi connectivity index (χ3v) is 2.13. The monoisotopic (exact) mass is 183 g/mol. The van der Waals surface area contributed by atoms with Crippen LogP contribution in [-0.4, -0.2) is 19.2 Å². The van der Waals surface area contributed by atoms with Crippen molar-refractivity contribution in [2.75, 3.05) is 13.2 Å². The number of carbonyl (C=O) groups is 1. The Morgan fingerprint density at radius 2 is 2.54 bits per heavy atom. The molecule has 13 heavy (non-hydrogen) atoms. The highest BCUT2D eigenvalue weighted by molar-refractivity contribution is 5.66. The lowest BCUT2D eigenvalue weighted by atomic mass is 10.2. The smallest absolute Gasteiger partial charge is 0.407 e. The van der Waals surface area contributed by atoms with Crippen LogP contribution < -0.4 is 5.32 Å². The highest BCUT2D eigenvalue weighted by Gasteiger charge is 2.05. The van der Waals surface area contributed by atoms with Gasteiger partial charge >= 0.3 is 6.09 Å². The van der Waals surface area contributed by atoms with Gasteiger partial charge in [-0.3, -0.25) is 0 Å². The average Bonchev–Trinajstić information content (AvgIpc) is 2.57. The second-order valence-corrected chi connectivity index (χ2v) is 3.15. The summed E-state index contributed by atoms with van der Waals surface area (Å²) < 4.78 is 4.74. The molecule has 0 fully saturated rings. The zero-order chi connectivity index (χ0) is 9.52. The quantitative estimate of drug-likeness (QED) is 0.679. The number of allylic oxidation sites excluding steroid dienone is 1. The third kappa shape index (κ3) is 3.97. The molecular weight excluding hydrogens is 166 g/mol. The molecule has 0 aromatic rings. The van der Waals surface area contributed by atoms with Crippen molar-refractivity contribution in [3.8, 4) is 0 Å². The second kappa shape index (κ2) is 5.62. The zero-order valence-corrected chi connectivity index (χ0v) is 8.14. The van der Waals surface area contributed by atoms with Crippen molar-refractivity contribution in [1.82, 2.24) is 5.32 Å². The molecular formula is C10H17NO2. The molecule has 0 aromatic heterocycles. The van der Waals surface area contributed by atoms with E-state index in [-0.39, 0.29) is 6.09 Å². The summed E-state index contributed by atoms with van der Waals surface area (Å²) in [5.41, 5.74) is 1.47. The molecule has 74 valence electrons. The minimum atomic E-state index is -0.305. The number of rotatable bonds is 4. The number of alkyl carbamates (subject to hydrolysis) is 1. The molecule has 0 saturated heterocycles. The lowest BCUT2D eigenvalue weighted by Crippen LogP contribution is -2.25. The van der Waals surface area contributed by atoms with Crippen molar-refractivity contribution in [3.63, 3.8) is 0 Å². The fraction of sp³-hybridized carbons (Fsp3) is 0.700. The van der Waals surface area contributed by atoms with E-state index in [1.807, 2.05) is 0 Å². The van der Waals surface area contributed by atoms with E-state index in [0.29, 0.717) is 13.2 Å². The third-order valence-electron chi connectivity index (χ3n) is 2.13. The van der Waals surface area contributed by atoms with E-state index in [1.54, 1.807) is 6.92 Å². The van der Waals surface area contributed by atoms with E-state index in [0.717, 1.165) is 6.42 Å². The van der Waals surface area contributed by atoms with Gasteiger partial charge in [0.1, 0.15) is 0 Å². The Balaban J connectivity index is 2.03. The molecule has 0 saturated carbocycles. The van der Waals surface area contributed by atoms with Crippen molar-refractivity contribution in [3.05, 3.63) is 11.6 Å². The molecule has 0 atom stereocenters. The summed E-state index contributed by atoms with van der Waals surface area (Å²) >= 11 is 0. The van der Waals surface area contributed by atoms with Gasteiger partial charge < -0.3 is 10.1 Å². The molecule has 0 bridgehead atoms. The molecule has 0 spiro atoms. The van der Waals surface area contributed by atoms with Crippen LogP contribution in [0.25, 0.3) is 0 Å². The van der Waals surface area contributed by atoms with E-state index in [9.17, 15) is 4.79 Å². The first-order valence-corrected chi connectivity index (χ1v) is 4.91. The van der Waals surface area contributed by atoms with Gasteiger partial charge in [0, 0.05) is 6.54 Å². The van der Waals surface area contributed by atoms with Gasteiger partial charge in [0.15, 0.2) is 0 Å². The van der Waals surface area contributed by atoms with Crippen molar-refractivity contribution in [2.24, 2.45) is 0 Å². The molecule has 3 nitrogen and oxygen atoms in total. The summed E-state index contributed by atoms with van der Waals surface area (Å²) in [6, 6.07) is 0. The summed E-state index contributed by atoms with van der Waals surface area (Å²) in [6.45, 7) is 2.94. The number of hydrogen-bond acceptors (Lipinski definition) is 2. The maximum atomic E-state index is 10.9. The summed E-state index contributed by atoms with van der Waals surface area (Å²) in [6.07, 6.45) is 6.61. The van der Waals surface area contributed by atoms with Gasteiger partial charge in [0.25, 0.3) is 0 Å². The number of ether oxygens (including phenoxy) is 1. The molecule has 1 aliphatic rings. The Hall–Kier alpha value is -0.990. The lowest BCUT2D eigenvalue weighted by Gasteiger charge is -2.05. The minimum Gasteiger partial charge on any atom is -0.450 e. The summed E-state index contributed by atoms with van der Waals surface area (Å²) in [4.78, 5) is 10.9. The highest BCUT2D eigenvalue weighted by Crippen LogP contribution is 2.19. The summed E-state index contributed by atoms with van der Waals surface area (Å²) in [5.74, 6) is 0. The van der Waals surface area contributed by atoms with E-state index in [1.165, 1.54) is 24.8 Å². The number of carbonyl (C=O) groups excluding carboxylic acids is 1. The van der Waals surface area contributed by atoms with E-state index >= 15 is 0 Å². The second-order valence-electron chi connectivity index (χ2n) is 3.15. The van der Waals surface area contributed by atoms with Gasteiger partial charge in [-0.15, -0.1) is 0 Å². The number of amides is 1. The first kappa shape index (κ1) is 10.1. The number of nitrogens with one attached hydrogen (secondary N) is 1. The first-order valence-electron chi connectivity index (χ1n) is 4.91. The lowest BCUT2D eigenvalue weighted by molar-refractivity contribution is 0.152. The number of hydrogen-bond donors (Lipinski definition) is 1. The first-order chi connectivity index (χ1) is 6.33. The van der Waals surface area contributed by atoms with Crippen LogP contribution in [0.2, 0.25) is 0 Å². The average molecular weight is 183 g/mol. The molecule has 0 aliphatic heterocycles. The van der Waals surface area contributed by atoms with Crippen molar-refractivity contribution >= 4 is 6.09 Å². The van der Waals surface area contributed by atoms with Crippen LogP contribution >= 0.6 is 0 Å². The Kier molecular flexibility index (Phi) is 4.36. The predicted molar refractivity (Wildman–Crippen MR) is 51.6 cm³/mol. The van der Waals surface area contributed by atoms with Gasteiger partial charge in [-0.25, -0.2) is 4.79 Å². The molecule has 3 heteroatoms. The molecule has 1 aliphatic carbocycles. The molecule has 1 N–H and O–H groups in total. The Labute approximate surface area is 79.2 Å². The SMILES string of the molecule is CCOC(=O)NCCC1=CCCC1. The van der Waals surface area contributed by atoms with Gasteiger partial charge in [0.2, 0.25) is 0 Å². The molecule has 1 amide bonds. The minimum absolute atomic E-state index is 0.305. The van der Waals surface area contributed by atoms with Gasteiger partial charge in [0.05, 0.1) is 6.61 Å². The van der Waals surface area contributed by atoms with E-state index in [4.69, 9.17) is 4.74 Å². The van der Waals surface area contributed by atoms with Gasteiger partial charge in [-0.2, -0.15) is 0 Å². The van der Waals surface area contributed by atoms with Gasteiger partial charge in [-0.05, 0) is 32.6 Å². The molecule has 0 radical (unpaired) electrons. The highest BCUT2D eigenvalue weighted by atomic mass is 16.5. The fourth-order valence-electron chi connectivity index (χ4n) is 1.47. The molecule has 0 aromatic carbocycles. The predicted octanol–water partition coefficient (Wildman–Crippen LogP) is 2.23. The Morgan fingerprint density at radius 3 is 3.15 bits per heavy atom. The van der Waals surface area contributed by atoms with Crippen LogP contribution in [0.3, 0.4) is 0 Å².